The predicted octanol–water partition coefficient (Wildman–Crippen LogP) is 3.30. The lowest BCUT2D eigenvalue weighted by Gasteiger charge is -2.03. The number of hydrogen-bond acceptors (Lipinski definition) is 3. The van der Waals surface area contributed by atoms with Gasteiger partial charge in [-0.2, -0.15) is 0 Å². The van der Waals surface area contributed by atoms with Crippen molar-refractivity contribution in [2.75, 3.05) is 0 Å². The Kier molecular flexibility index (Phi) is 4.29. The van der Waals surface area contributed by atoms with E-state index in [1.165, 1.54) is 21.0 Å². The second-order valence-corrected chi connectivity index (χ2v) is 5.37. The number of nitrogens with zero attached hydrogens (tertiary/aromatic N) is 1. The topological polar surface area (TPSA) is 24.9 Å². The van der Waals surface area contributed by atoms with Crippen molar-refractivity contribution in [3.05, 3.63) is 51.5 Å². The van der Waals surface area contributed by atoms with Gasteiger partial charge in [-0.15, -0.1) is 11.3 Å². The van der Waals surface area contributed by atoms with E-state index in [2.05, 4.69) is 48.4 Å². The minimum absolute atomic E-state index is 0.860. The number of aromatic nitrogens is 1. The first kappa shape index (κ1) is 12.3. The van der Waals surface area contributed by atoms with Crippen LogP contribution in [0, 0.1) is 6.92 Å². The van der Waals surface area contributed by atoms with E-state index in [9.17, 15) is 0 Å². The van der Waals surface area contributed by atoms with Crippen LogP contribution in [-0.4, -0.2) is 4.98 Å². The Hall–Kier alpha value is -1.19. The van der Waals surface area contributed by atoms with Crippen molar-refractivity contribution < 1.29 is 0 Å². The van der Waals surface area contributed by atoms with Gasteiger partial charge in [-0.3, -0.25) is 0 Å². The van der Waals surface area contributed by atoms with E-state index >= 15 is 0 Å². The molecular formula is C14H18N2S. The van der Waals surface area contributed by atoms with Crippen LogP contribution in [0.25, 0.3) is 0 Å². The van der Waals surface area contributed by atoms with Gasteiger partial charge < -0.3 is 5.32 Å². The van der Waals surface area contributed by atoms with Crippen LogP contribution < -0.4 is 5.32 Å². The van der Waals surface area contributed by atoms with Gasteiger partial charge >= 0.3 is 0 Å². The van der Waals surface area contributed by atoms with Crippen molar-refractivity contribution in [2.24, 2.45) is 0 Å². The minimum atomic E-state index is 0.860. The van der Waals surface area contributed by atoms with Gasteiger partial charge in [0, 0.05) is 24.2 Å². The SMILES string of the molecule is CCc1cnc(CNCc2cccc(C)c2)s1. The first-order valence-corrected chi connectivity index (χ1v) is 6.79. The smallest absolute Gasteiger partial charge is 0.107 e. The van der Waals surface area contributed by atoms with E-state index < -0.39 is 0 Å². The number of benzene rings is 1. The molecule has 0 saturated carbocycles. The zero-order chi connectivity index (χ0) is 12.1. The molecule has 0 spiro atoms. The number of nitrogens with one attached hydrogen (secondary N) is 1. The molecule has 0 atom stereocenters. The van der Waals surface area contributed by atoms with Crippen LogP contribution in [-0.2, 0) is 19.5 Å². The predicted molar refractivity (Wildman–Crippen MR) is 73.2 cm³/mol. The van der Waals surface area contributed by atoms with Crippen LogP contribution in [0.5, 0.6) is 0 Å². The molecule has 0 bridgehead atoms. The lowest BCUT2D eigenvalue weighted by molar-refractivity contribution is 0.689. The fourth-order valence-electron chi connectivity index (χ4n) is 1.73. The van der Waals surface area contributed by atoms with Crippen molar-refractivity contribution in [1.82, 2.24) is 10.3 Å². The summed E-state index contributed by atoms with van der Waals surface area (Å²) < 4.78 is 0. The highest BCUT2D eigenvalue weighted by Crippen LogP contribution is 2.13. The molecule has 2 aromatic rings. The van der Waals surface area contributed by atoms with E-state index in [0.29, 0.717) is 0 Å². The van der Waals surface area contributed by atoms with Gasteiger partial charge in [0.15, 0.2) is 0 Å². The first-order valence-electron chi connectivity index (χ1n) is 5.97. The Bertz CT molecular complexity index is 477. The normalized spacial score (nSPS) is 10.7. The van der Waals surface area contributed by atoms with E-state index in [4.69, 9.17) is 0 Å². The molecule has 2 nitrogen and oxygen atoms in total. The van der Waals surface area contributed by atoms with Crippen LogP contribution in [0.3, 0.4) is 0 Å². The highest BCUT2D eigenvalue weighted by atomic mass is 32.1. The van der Waals surface area contributed by atoms with Gasteiger partial charge in [-0.1, -0.05) is 36.8 Å². The van der Waals surface area contributed by atoms with E-state index in [0.717, 1.165) is 19.5 Å². The monoisotopic (exact) mass is 246 g/mol. The largest absolute Gasteiger partial charge is 0.306 e. The van der Waals surface area contributed by atoms with Crippen molar-refractivity contribution >= 4 is 11.3 Å². The standard InChI is InChI=1S/C14H18N2S/c1-3-13-9-16-14(17-13)10-15-8-12-6-4-5-11(2)7-12/h4-7,9,15H,3,8,10H2,1-2H3. The lowest BCUT2D eigenvalue weighted by atomic mass is 10.1. The maximum absolute atomic E-state index is 4.39. The molecule has 2 rings (SSSR count). The molecule has 1 aromatic carbocycles. The quantitative estimate of drug-likeness (QED) is 0.875. The molecule has 0 fully saturated rings. The van der Waals surface area contributed by atoms with Gasteiger partial charge in [0.05, 0.1) is 0 Å². The number of rotatable bonds is 5. The molecular weight excluding hydrogens is 228 g/mol. The zero-order valence-corrected chi connectivity index (χ0v) is 11.2. The lowest BCUT2D eigenvalue weighted by Crippen LogP contribution is -2.12. The Labute approximate surface area is 107 Å². The number of hydrogen-bond donors (Lipinski definition) is 1. The summed E-state index contributed by atoms with van der Waals surface area (Å²) in [5, 5.41) is 4.61. The summed E-state index contributed by atoms with van der Waals surface area (Å²) in [6, 6.07) is 8.59. The highest BCUT2D eigenvalue weighted by Gasteiger charge is 2.00. The second kappa shape index (κ2) is 5.94. The van der Waals surface area contributed by atoms with Crippen LogP contribution in [0.4, 0.5) is 0 Å². The Morgan fingerprint density at radius 2 is 2.18 bits per heavy atom. The molecule has 0 aliphatic carbocycles. The number of aryl methyl sites for hydroxylation is 2. The first-order chi connectivity index (χ1) is 8.28. The Morgan fingerprint density at radius 1 is 1.29 bits per heavy atom. The van der Waals surface area contributed by atoms with Crippen LogP contribution in [0.2, 0.25) is 0 Å². The fourth-order valence-corrected chi connectivity index (χ4v) is 2.56. The molecule has 0 aliphatic rings. The van der Waals surface area contributed by atoms with Gasteiger partial charge in [0.1, 0.15) is 5.01 Å². The molecule has 0 unspecified atom stereocenters. The van der Waals surface area contributed by atoms with Crippen LogP contribution in [0.15, 0.2) is 30.5 Å². The third-order valence-corrected chi connectivity index (χ3v) is 3.78. The summed E-state index contributed by atoms with van der Waals surface area (Å²) in [6.45, 7) is 6.05. The number of thiazole rings is 1. The molecule has 1 aromatic heterocycles. The molecule has 17 heavy (non-hydrogen) atoms. The summed E-state index contributed by atoms with van der Waals surface area (Å²) in [6.07, 6.45) is 3.06. The summed E-state index contributed by atoms with van der Waals surface area (Å²) in [7, 11) is 0. The van der Waals surface area contributed by atoms with Crippen molar-refractivity contribution in [3.8, 4) is 0 Å². The molecule has 90 valence electrons. The summed E-state index contributed by atoms with van der Waals surface area (Å²) >= 11 is 1.80. The molecule has 1 heterocycles. The van der Waals surface area contributed by atoms with Gasteiger partial charge in [-0.05, 0) is 18.9 Å². The van der Waals surface area contributed by atoms with E-state index in [1.54, 1.807) is 11.3 Å². The van der Waals surface area contributed by atoms with Gasteiger partial charge in [0.2, 0.25) is 0 Å². The van der Waals surface area contributed by atoms with Crippen molar-refractivity contribution in [2.45, 2.75) is 33.4 Å². The fraction of sp³-hybridized carbons (Fsp3) is 0.357. The van der Waals surface area contributed by atoms with E-state index in [1.807, 2.05) is 6.20 Å². The molecule has 0 saturated heterocycles. The molecule has 0 amide bonds. The van der Waals surface area contributed by atoms with Gasteiger partial charge in [0.25, 0.3) is 0 Å². The maximum atomic E-state index is 4.39. The summed E-state index contributed by atoms with van der Waals surface area (Å²) in [4.78, 5) is 5.75. The second-order valence-electron chi connectivity index (χ2n) is 4.17. The zero-order valence-electron chi connectivity index (χ0n) is 10.4. The third kappa shape index (κ3) is 3.65. The minimum Gasteiger partial charge on any atom is -0.306 e. The van der Waals surface area contributed by atoms with Crippen LogP contribution in [0.1, 0.15) is 27.9 Å². The van der Waals surface area contributed by atoms with Crippen molar-refractivity contribution in [1.29, 1.82) is 0 Å². The maximum Gasteiger partial charge on any atom is 0.107 e. The average molecular weight is 246 g/mol. The summed E-state index contributed by atoms with van der Waals surface area (Å²) in [5.41, 5.74) is 2.64. The van der Waals surface area contributed by atoms with Crippen molar-refractivity contribution in [3.63, 3.8) is 0 Å². The average Bonchev–Trinajstić information content (AvgIpc) is 2.77. The highest BCUT2D eigenvalue weighted by molar-refractivity contribution is 7.11. The van der Waals surface area contributed by atoms with Gasteiger partial charge in [-0.25, -0.2) is 4.98 Å². The Morgan fingerprint density at radius 3 is 2.88 bits per heavy atom. The molecule has 0 aliphatic heterocycles. The van der Waals surface area contributed by atoms with Crippen LogP contribution >= 0.6 is 11.3 Å². The molecule has 0 radical (unpaired) electrons. The molecule has 1 N–H and O–H groups in total. The Balaban J connectivity index is 1.83. The summed E-state index contributed by atoms with van der Waals surface area (Å²) in [5.74, 6) is 0. The third-order valence-electron chi connectivity index (χ3n) is 2.64. The van der Waals surface area contributed by atoms with E-state index in [-0.39, 0.29) is 0 Å². The molecule has 3 heteroatoms.